The molecule has 6 aromatic carbocycles. The lowest BCUT2D eigenvalue weighted by molar-refractivity contribution is 0.00578. The van der Waals surface area contributed by atoms with E-state index in [1.165, 1.54) is 53.6 Å². The van der Waals surface area contributed by atoms with E-state index in [4.69, 9.17) is 9.31 Å². The van der Waals surface area contributed by atoms with Crippen molar-refractivity contribution >= 4 is 61.2 Å². The van der Waals surface area contributed by atoms with Crippen LogP contribution in [-0.2, 0) is 14.7 Å². The van der Waals surface area contributed by atoms with Crippen LogP contribution in [0.4, 0.5) is 17.1 Å². The molecule has 0 N–H and O–H groups in total. The van der Waals surface area contributed by atoms with Crippen LogP contribution in [-0.4, -0.2) is 18.3 Å². The van der Waals surface area contributed by atoms with E-state index in [2.05, 4.69) is 180 Å². The van der Waals surface area contributed by atoms with Crippen LogP contribution in [0, 0.1) is 0 Å². The fourth-order valence-corrected chi connectivity index (χ4v) is 8.95. The van der Waals surface area contributed by atoms with Gasteiger partial charge >= 0.3 is 7.12 Å². The number of rotatable bonds is 5. The van der Waals surface area contributed by atoms with E-state index in [1.807, 2.05) is 11.3 Å². The number of nitrogens with zero attached hydrogens (tertiary/aromatic N) is 1. The zero-order valence-electron chi connectivity index (χ0n) is 29.5. The average molecular weight is 670 g/mol. The second-order valence-electron chi connectivity index (χ2n) is 15.3. The molecule has 5 heteroatoms. The second-order valence-corrected chi connectivity index (χ2v) is 16.4. The summed E-state index contributed by atoms with van der Waals surface area (Å²) in [4.78, 5) is 2.41. The molecule has 2 aliphatic rings. The Morgan fingerprint density at radius 1 is 0.500 bits per heavy atom. The van der Waals surface area contributed by atoms with E-state index in [1.54, 1.807) is 0 Å². The lowest BCUT2D eigenvalue weighted by atomic mass is 9.79. The van der Waals surface area contributed by atoms with Crippen molar-refractivity contribution in [3.8, 4) is 22.3 Å². The third-order valence-electron chi connectivity index (χ3n) is 11.3. The van der Waals surface area contributed by atoms with Gasteiger partial charge in [-0.05, 0) is 109 Å². The van der Waals surface area contributed by atoms with Gasteiger partial charge in [0, 0.05) is 42.6 Å². The Kier molecular flexibility index (Phi) is 6.99. The molecule has 50 heavy (non-hydrogen) atoms. The van der Waals surface area contributed by atoms with Gasteiger partial charge in [0.2, 0.25) is 0 Å². The summed E-state index contributed by atoms with van der Waals surface area (Å²) >= 11 is 1.83. The highest BCUT2D eigenvalue weighted by atomic mass is 32.1. The Morgan fingerprint density at radius 3 is 1.80 bits per heavy atom. The number of thiophene rings is 1. The van der Waals surface area contributed by atoms with Crippen molar-refractivity contribution in [2.45, 2.75) is 58.2 Å². The minimum Gasteiger partial charge on any atom is -0.399 e. The summed E-state index contributed by atoms with van der Waals surface area (Å²) in [6.07, 6.45) is 0. The van der Waals surface area contributed by atoms with Crippen LogP contribution in [0.5, 0.6) is 0 Å². The third-order valence-corrected chi connectivity index (χ3v) is 12.4. The van der Waals surface area contributed by atoms with Gasteiger partial charge in [-0.1, -0.05) is 105 Å². The average Bonchev–Trinajstić information content (AvgIpc) is 3.68. The zero-order chi connectivity index (χ0) is 34.4. The number of hydrogen-bond acceptors (Lipinski definition) is 4. The maximum atomic E-state index is 6.40. The second kappa shape index (κ2) is 11.2. The first-order chi connectivity index (χ1) is 24.0. The molecule has 3 nitrogen and oxygen atoms in total. The summed E-state index contributed by atoms with van der Waals surface area (Å²) in [5.74, 6) is 0. The molecule has 1 aliphatic carbocycles. The minimum atomic E-state index is -0.380. The summed E-state index contributed by atoms with van der Waals surface area (Å²) in [7, 11) is -0.380. The number of fused-ring (bicyclic) bond motifs is 6. The van der Waals surface area contributed by atoms with Gasteiger partial charge in [-0.3, -0.25) is 0 Å². The van der Waals surface area contributed by atoms with Crippen LogP contribution in [0.25, 0.3) is 42.4 Å². The van der Waals surface area contributed by atoms with E-state index in [0.717, 1.165) is 22.5 Å². The van der Waals surface area contributed by atoms with Gasteiger partial charge in [-0.2, -0.15) is 0 Å². The van der Waals surface area contributed by atoms with Gasteiger partial charge < -0.3 is 14.2 Å². The lowest BCUT2D eigenvalue weighted by Crippen LogP contribution is -2.41. The predicted octanol–water partition coefficient (Wildman–Crippen LogP) is 11.8. The van der Waals surface area contributed by atoms with Crippen molar-refractivity contribution in [3.63, 3.8) is 0 Å². The number of benzene rings is 6. The quantitative estimate of drug-likeness (QED) is 0.170. The van der Waals surface area contributed by atoms with Crippen LogP contribution in [0.2, 0.25) is 0 Å². The van der Waals surface area contributed by atoms with E-state index >= 15 is 0 Å². The monoisotopic (exact) mass is 669 g/mol. The minimum absolute atomic E-state index is 0.0882. The molecule has 1 aliphatic heterocycles. The molecule has 1 aromatic heterocycles. The topological polar surface area (TPSA) is 21.7 Å². The Bertz CT molecular complexity index is 2410. The Morgan fingerprint density at radius 2 is 1.06 bits per heavy atom. The smallest absolute Gasteiger partial charge is 0.399 e. The van der Waals surface area contributed by atoms with Crippen molar-refractivity contribution in [2.24, 2.45) is 0 Å². The Labute approximate surface area is 299 Å². The highest BCUT2D eigenvalue weighted by Crippen LogP contribution is 2.51. The van der Waals surface area contributed by atoms with E-state index in [-0.39, 0.29) is 23.7 Å². The molecule has 0 saturated carbocycles. The maximum absolute atomic E-state index is 6.40. The largest absolute Gasteiger partial charge is 0.494 e. The first-order valence-corrected chi connectivity index (χ1v) is 18.3. The molecule has 0 amide bonds. The van der Waals surface area contributed by atoms with Gasteiger partial charge in [0.1, 0.15) is 0 Å². The molecule has 0 radical (unpaired) electrons. The highest BCUT2D eigenvalue weighted by Gasteiger charge is 2.51. The summed E-state index contributed by atoms with van der Waals surface area (Å²) in [5, 5.41) is 2.52. The lowest BCUT2D eigenvalue weighted by Gasteiger charge is -2.32. The molecule has 1 fully saturated rings. The molecular formula is C45H40BNO2S. The van der Waals surface area contributed by atoms with Crippen molar-refractivity contribution in [2.75, 3.05) is 4.90 Å². The molecule has 2 heterocycles. The van der Waals surface area contributed by atoms with Gasteiger partial charge in [0.05, 0.1) is 11.2 Å². The van der Waals surface area contributed by atoms with Crippen molar-refractivity contribution < 1.29 is 9.31 Å². The van der Waals surface area contributed by atoms with Crippen molar-refractivity contribution in [3.05, 3.63) is 145 Å². The van der Waals surface area contributed by atoms with Crippen LogP contribution >= 0.6 is 11.3 Å². The molecule has 7 aromatic rings. The standard InChI is InChI=1S/C45H40BNO2S/c1-43(2)39-15-11-10-14-35(39)36-24-21-33(27-40(36)43)47(32-19-16-30(17-20-32)29-12-8-7-9-13-29)34-22-25-38-37-23-18-31(26-41(37)50-42(38)28-34)46-48-44(3,4)45(5,6)49-46/h7-28H,1-6H3. The summed E-state index contributed by atoms with van der Waals surface area (Å²) in [5.41, 5.74) is 11.5. The van der Waals surface area contributed by atoms with Crippen LogP contribution in [0.3, 0.4) is 0 Å². The van der Waals surface area contributed by atoms with Gasteiger partial charge in [-0.25, -0.2) is 0 Å². The van der Waals surface area contributed by atoms with Crippen LogP contribution in [0.15, 0.2) is 133 Å². The van der Waals surface area contributed by atoms with Crippen LogP contribution < -0.4 is 10.4 Å². The van der Waals surface area contributed by atoms with Crippen molar-refractivity contribution in [1.82, 2.24) is 0 Å². The maximum Gasteiger partial charge on any atom is 0.494 e. The number of anilines is 3. The molecule has 0 unspecified atom stereocenters. The van der Waals surface area contributed by atoms with E-state index in [0.29, 0.717) is 0 Å². The van der Waals surface area contributed by atoms with Crippen molar-refractivity contribution in [1.29, 1.82) is 0 Å². The zero-order valence-corrected chi connectivity index (χ0v) is 30.3. The van der Waals surface area contributed by atoms with E-state index < -0.39 is 0 Å². The fraction of sp³-hybridized carbons (Fsp3) is 0.200. The highest BCUT2D eigenvalue weighted by molar-refractivity contribution is 7.26. The molecule has 0 spiro atoms. The summed E-state index contributed by atoms with van der Waals surface area (Å²) < 4.78 is 15.3. The first kappa shape index (κ1) is 31.3. The molecule has 246 valence electrons. The van der Waals surface area contributed by atoms with Gasteiger partial charge in [0.25, 0.3) is 0 Å². The fourth-order valence-electron chi connectivity index (χ4n) is 7.76. The molecule has 9 rings (SSSR count). The first-order valence-electron chi connectivity index (χ1n) is 17.5. The normalized spacial score (nSPS) is 16.9. The van der Waals surface area contributed by atoms with Gasteiger partial charge in [0.15, 0.2) is 0 Å². The Balaban J connectivity index is 1.15. The third kappa shape index (κ3) is 4.86. The Hall–Kier alpha value is -4.68. The van der Waals surface area contributed by atoms with Crippen LogP contribution in [0.1, 0.15) is 52.7 Å². The molecule has 0 bridgehead atoms. The molecular weight excluding hydrogens is 629 g/mol. The number of hydrogen-bond donors (Lipinski definition) is 0. The van der Waals surface area contributed by atoms with Gasteiger partial charge in [-0.15, -0.1) is 11.3 Å². The summed E-state index contributed by atoms with van der Waals surface area (Å²) in [6.45, 7) is 13.1. The molecule has 0 atom stereocenters. The SMILES string of the molecule is CC1(C)c2ccccc2-c2ccc(N(c3ccc(-c4ccccc4)cc3)c3ccc4c(c3)sc3cc(B5OC(C)(C)C(C)(C)O5)ccc34)cc21. The predicted molar refractivity (Wildman–Crippen MR) is 213 cm³/mol. The van der Waals surface area contributed by atoms with E-state index in [9.17, 15) is 0 Å². The summed E-state index contributed by atoms with van der Waals surface area (Å²) in [6, 6.07) is 49.0. The molecule has 1 saturated heterocycles.